The first-order chi connectivity index (χ1) is 8.38. The van der Waals surface area contributed by atoms with E-state index < -0.39 is 0 Å². The third kappa shape index (κ3) is 1.84. The van der Waals surface area contributed by atoms with Gasteiger partial charge in [0.15, 0.2) is 0 Å². The van der Waals surface area contributed by atoms with Crippen molar-refractivity contribution in [3.8, 4) is 11.1 Å². The van der Waals surface area contributed by atoms with E-state index in [9.17, 15) is 0 Å². The summed E-state index contributed by atoms with van der Waals surface area (Å²) in [6.45, 7) is 0.588. The van der Waals surface area contributed by atoms with Crippen LogP contribution in [-0.4, -0.2) is 4.98 Å². The number of benzene rings is 1. The highest BCUT2D eigenvalue weighted by Crippen LogP contribution is 2.31. The molecule has 0 saturated carbocycles. The van der Waals surface area contributed by atoms with E-state index in [1.165, 1.54) is 15.8 Å². The van der Waals surface area contributed by atoms with Crippen LogP contribution in [0, 0.1) is 0 Å². The smallest absolute Gasteiger partial charge is 0.0815 e. The molecule has 0 radical (unpaired) electrons. The molecule has 0 bridgehead atoms. The molecule has 2 heterocycles. The molecule has 0 unspecified atom stereocenters. The van der Waals surface area contributed by atoms with Crippen molar-refractivity contribution in [3.05, 3.63) is 53.5 Å². The first kappa shape index (κ1) is 10.4. The average molecular weight is 240 g/mol. The van der Waals surface area contributed by atoms with Crippen molar-refractivity contribution in [1.29, 1.82) is 0 Å². The van der Waals surface area contributed by atoms with Gasteiger partial charge >= 0.3 is 0 Å². The van der Waals surface area contributed by atoms with Crippen LogP contribution in [0.1, 0.15) is 5.56 Å². The van der Waals surface area contributed by atoms with Crippen molar-refractivity contribution >= 4 is 21.6 Å². The maximum absolute atomic E-state index is 5.60. The normalized spacial score (nSPS) is 10.9. The van der Waals surface area contributed by atoms with Crippen molar-refractivity contribution in [2.45, 2.75) is 6.54 Å². The molecule has 0 aliphatic rings. The van der Waals surface area contributed by atoms with Crippen molar-refractivity contribution in [2.75, 3.05) is 0 Å². The van der Waals surface area contributed by atoms with Gasteiger partial charge in [0.05, 0.1) is 10.2 Å². The second kappa shape index (κ2) is 4.28. The van der Waals surface area contributed by atoms with Gasteiger partial charge in [-0.15, -0.1) is 11.3 Å². The Morgan fingerprint density at radius 2 is 1.88 bits per heavy atom. The Bertz CT molecular complexity index is 641. The minimum atomic E-state index is 0.588. The monoisotopic (exact) mass is 240 g/mol. The lowest BCUT2D eigenvalue weighted by atomic mass is 10.0. The van der Waals surface area contributed by atoms with E-state index >= 15 is 0 Å². The van der Waals surface area contributed by atoms with Gasteiger partial charge in [-0.2, -0.15) is 0 Å². The van der Waals surface area contributed by atoms with Gasteiger partial charge in [0, 0.05) is 18.3 Å². The molecule has 0 atom stereocenters. The topological polar surface area (TPSA) is 38.9 Å². The molecule has 0 spiro atoms. The fourth-order valence-electron chi connectivity index (χ4n) is 1.92. The highest BCUT2D eigenvalue weighted by atomic mass is 32.1. The highest BCUT2D eigenvalue weighted by Gasteiger charge is 2.05. The average Bonchev–Trinajstić information content (AvgIpc) is 2.87. The third-order valence-corrected chi connectivity index (χ3v) is 3.78. The number of aromatic nitrogens is 1. The van der Waals surface area contributed by atoms with Crippen LogP contribution in [0.5, 0.6) is 0 Å². The van der Waals surface area contributed by atoms with Gasteiger partial charge in [0.25, 0.3) is 0 Å². The zero-order valence-electron chi connectivity index (χ0n) is 9.26. The highest BCUT2D eigenvalue weighted by molar-refractivity contribution is 7.17. The summed E-state index contributed by atoms with van der Waals surface area (Å²) in [4.78, 5) is 4.35. The number of nitrogens with two attached hydrogens (primary N) is 1. The van der Waals surface area contributed by atoms with E-state index in [0.717, 1.165) is 11.1 Å². The summed E-state index contributed by atoms with van der Waals surface area (Å²) in [5.74, 6) is 0. The van der Waals surface area contributed by atoms with Crippen LogP contribution in [0.3, 0.4) is 0 Å². The predicted molar refractivity (Wildman–Crippen MR) is 72.9 cm³/mol. The van der Waals surface area contributed by atoms with Crippen LogP contribution in [0.15, 0.2) is 48.0 Å². The van der Waals surface area contributed by atoms with Gasteiger partial charge in [0.2, 0.25) is 0 Å². The largest absolute Gasteiger partial charge is 0.326 e. The summed E-state index contributed by atoms with van der Waals surface area (Å²) in [6, 6.07) is 12.5. The number of hydrogen-bond acceptors (Lipinski definition) is 3. The Kier molecular flexibility index (Phi) is 2.63. The Morgan fingerprint density at radius 1 is 1.06 bits per heavy atom. The second-order valence-electron chi connectivity index (χ2n) is 3.89. The Labute approximate surface area is 104 Å². The molecule has 0 fully saturated rings. The summed E-state index contributed by atoms with van der Waals surface area (Å²) < 4.78 is 1.24. The number of fused-ring (bicyclic) bond motifs is 1. The number of pyridine rings is 1. The summed E-state index contributed by atoms with van der Waals surface area (Å²) in [7, 11) is 0. The Hall–Kier alpha value is -1.71. The molecule has 2 N–H and O–H groups in total. The molecule has 2 aromatic heterocycles. The van der Waals surface area contributed by atoms with E-state index in [0.29, 0.717) is 6.54 Å². The first-order valence-corrected chi connectivity index (χ1v) is 6.38. The van der Waals surface area contributed by atoms with Gasteiger partial charge in [-0.1, -0.05) is 24.3 Å². The lowest BCUT2D eigenvalue weighted by molar-refractivity contribution is 1.07. The summed E-state index contributed by atoms with van der Waals surface area (Å²) in [6.07, 6.45) is 1.86. The first-order valence-electron chi connectivity index (χ1n) is 5.50. The van der Waals surface area contributed by atoms with Crippen LogP contribution < -0.4 is 5.73 Å². The van der Waals surface area contributed by atoms with Crippen molar-refractivity contribution in [2.24, 2.45) is 5.73 Å². The van der Waals surface area contributed by atoms with Gasteiger partial charge in [-0.05, 0) is 28.6 Å². The molecule has 17 heavy (non-hydrogen) atoms. The molecule has 2 nitrogen and oxygen atoms in total. The fraction of sp³-hybridized carbons (Fsp3) is 0.0714. The number of hydrogen-bond donors (Lipinski definition) is 1. The van der Waals surface area contributed by atoms with E-state index in [1.54, 1.807) is 11.3 Å². The lowest BCUT2D eigenvalue weighted by Crippen LogP contribution is -1.95. The van der Waals surface area contributed by atoms with Crippen molar-refractivity contribution in [3.63, 3.8) is 0 Å². The van der Waals surface area contributed by atoms with Crippen LogP contribution in [0.25, 0.3) is 21.3 Å². The Morgan fingerprint density at radius 3 is 2.65 bits per heavy atom. The molecule has 0 aliphatic heterocycles. The predicted octanol–water partition coefficient (Wildman–Crippen LogP) is 3.42. The van der Waals surface area contributed by atoms with E-state index in [-0.39, 0.29) is 0 Å². The standard InChI is InChI=1S/C14H12N2S/c15-9-10-1-3-11(4-2-10)12-5-7-16-13-6-8-17-14(12)13/h1-8H,9,15H2. The van der Waals surface area contributed by atoms with E-state index in [4.69, 9.17) is 5.73 Å². The molecule has 0 aliphatic carbocycles. The molecule has 0 amide bonds. The Balaban J connectivity index is 2.16. The van der Waals surface area contributed by atoms with Crippen LogP contribution in [0.2, 0.25) is 0 Å². The van der Waals surface area contributed by atoms with Gasteiger partial charge < -0.3 is 5.73 Å². The molecular weight excluding hydrogens is 228 g/mol. The molecule has 0 saturated heterocycles. The summed E-state index contributed by atoms with van der Waals surface area (Å²) in [5.41, 5.74) is 10.3. The third-order valence-electron chi connectivity index (χ3n) is 2.84. The van der Waals surface area contributed by atoms with Crippen LogP contribution >= 0.6 is 11.3 Å². The molecule has 84 valence electrons. The number of nitrogens with zero attached hydrogens (tertiary/aromatic N) is 1. The summed E-state index contributed by atoms with van der Waals surface area (Å²) in [5, 5.41) is 2.08. The SMILES string of the molecule is NCc1ccc(-c2ccnc3ccsc23)cc1. The van der Waals surface area contributed by atoms with Gasteiger partial charge in [-0.25, -0.2) is 0 Å². The van der Waals surface area contributed by atoms with Crippen LogP contribution in [0.4, 0.5) is 0 Å². The molecule has 3 heteroatoms. The fourth-order valence-corrected chi connectivity index (χ4v) is 2.81. The van der Waals surface area contributed by atoms with E-state index in [2.05, 4.69) is 46.8 Å². The number of thiophene rings is 1. The summed E-state index contributed by atoms with van der Waals surface area (Å²) >= 11 is 1.73. The van der Waals surface area contributed by atoms with E-state index in [1.807, 2.05) is 6.20 Å². The van der Waals surface area contributed by atoms with Gasteiger partial charge in [0.1, 0.15) is 0 Å². The zero-order chi connectivity index (χ0) is 11.7. The molecule has 3 aromatic rings. The molecular formula is C14H12N2S. The second-order valence-corrected chi connectivity index (χ2v) is 4.81. The quantitative estimate of drug-likeness (QED) is 0.745. The molecule has 3 rings (SSSR count). The van der Waals surface area contributed by atoms with Crippen LogP contribution in [-0.2, 0) is 6.54 Å². The van der Waals surface area contributed by atoms with Crippen molar-refractivity contribution < 1.29 is 0 Å². The number of rotatable bonds is 2. The zero-order valence-corrected chi connectivity index (χ0v) is 10.1. The minimum Gasteiger partial charge on any atom is -0.326 e. The van der Waals surface area contributed by atoms with Gasteiger partial charge in [-0.3, -0.25) is 4.98 Å². The van der Waals surface area contributed by atoms with Crippen molar-refractivity contribution in [1.82, 2.24) is 4.98 Å². The molecule has 1 aromatic carbocycles. The minimum absolute atomic E-state index is 0.588. The maximum Gasteiger partial charge on any atom is 0.0815 e. The lowest BCUT2D eigenvalue weighted by Gasteiger charge is -2.04. The maximum atomic E-state index is 5.60.